The van der Waals surface area contributed by atoms with Gasteiger partial charge in [0.25, 0.3) is 0 Å². The van der Waals surface area contributed by atoms with E-state index in [4.69, 9.17) is 0 Å². The fourth-order valence-electron chi connectivity index (χ4n) is 2.78. The van der Waals surface area contributed by atoms with Gasteiger partial charge in [0, 0.05) is 18.8 Å². The molecule has 1 heterocycles. The lowest BCUT2D eigenvalue weighted by Crippen LogP contribution is -2.39. The van der Waals surface area contributed by atoms with Gasteiger partial charge in [-0.05, 0) is 41.8 Å². The molecule has 0 bridgehead atoms. The van der Waals surface area contributed by atoms with Gasteiger partial charge in [-0.2, -0.15) is 13.2 Å². The van der Waals surface area contributed by atoms with Crippen molar-refractivity contribution in [2.24, 2.45) is 0 Å². The van der Waals surface area contributed by atoms with Crippen LogP contribution in [0.15, 0.2) is 48.5 Å². The summed E-state index contributed by atoms with van der Waals surface area (Å²) in [5.41, 5.74) is 2.20. The first kappa shape index (κ1) is 16.4. The molecule has 1 amide bonds. The standard InChI is InChI=1S/C18H17F3N2O/c19-18(20,21)15-5-7-16(8-6-15)22-11-17(24)23-10-9-13-3-1-2-4-14(13)12-23/h1-8,22H,9-12H2. The maximum atomic E-state index is 12.5. The second-order valence-corrected chi connectivity index (χ2v) is 5.76. The van der Waals surface area contributed by atoms with Gasteiger partial charge in [0.2, 0.25) is 5.91 Å². The van der Waals surface area contributed by atoms with E-state index >= 15 is 0 Å². The van der Waals surface area contributed by atoms with Crippen LogP contribution in [0.2, 0.25) is 0 Å². The van der Waals surface area contributed by atoms with Crippen LogP contribution in [0.1, 0.15) is 16.7 Å². The number of nitrogens with one attached hydrogen (secondary N) is 1. The van der Waals surface area contributed by atoms with Crippen molar-refractivity contribution in [1.29, 1.82) is 0 Å². The molecule has 2 aromatic rings. The van der Waals surface area contributed by atoms with Crippen molar-refractivity contribution >= 4 is 11.6 Å². The van der Waals surface area contributed by atoms with Gasteiger partial charge in [-0.1, -0.05) is 24.3 Å². The molecular weight excluding hydrogens is 317 g/mol. The quantitative estimate of drug-likeness (QED) is 0.928. The zero-order chi connectivity index (χ0) is 17.2. The molecule has 3 rings (SSSR count). The van der Waals surface area contributed by atoms with Crippen molar-refractivity contribution in [3.05, 3.63) is 65.2 Å². The van der Waals surface area contributed by atoms with Gasteiger partial charge in [0.1, 0.15) is 0 Å². The van der Waals surface area contributed by atoms with Gasteiger partial charge in [0.15, 0.2) is 0 Å². The molecule has 0 aliphatic carbocycles. The number of anilines is 1. The van der Waals surface area contributed by atoms with E-state index in [0.717, 1.165) is 24.1 Å². The van der Waals surface area contributed by atoms with Gasteiger partial charge >= 0.3 is 6.18 Å². The fourth-order valence-corrected chi connectivity index (χ4v) is 2.78. The molecule has 0 saturated heterocycles. The van der Waals surface area contributed by atoms with E-state index in [1.165, 1.54) is 17.7 Å². The Bertz CT molecular complexity index is 726. The lowest BCUT2D eigenvalue weighted by Gasteiger charge is -2.29. The topological polar surface area (TPSA) is 32.3 Å². The van der Waals surface area contributed by atoms with Crippen LogP contribution in [0.4, 0.5) is 18.9 Å². The summed E-state index contributed by atoms with van der Waals surface area (Å²) in [5, 5.41) is 2.89. The number of nitrogens with zero attached hydrogens (tertiary/aromatic N) is 1. The Morgan fingerprint density at radius 3 is 2.38 bits per heavy atom. The molecule has 0 spiro atoms. The molecule has 0 unspecified atom stereocenters. The minimum atomic E-state index is -4.35. The summed E-state index contributed by atoms with van der Waals surface area (Å²) in [6.07, 6.45) is -3.53. The van der Waals surface area contributed by atoms with Gasteiger partial charge in [-0.3, -0.25) is 4.79 Å². The molecule has 0 aromatic heterocycles. The number of alkyl halides is 3. The summed E-state index contributed by atoms with van der Waals surface area (Å²) < 4.78 is 37.5. The molecule has 6 heteroatoms. The van der Waals surface area contributed by atoms with Crippen LogP contribution < -0.4 is 5.32 Å². The number of amides is 1. The summed E-state index contributed by atoms with van der Waals surface area (Å²) in [5.74, 6) is -0.0654. The number of carbonyl (C=O) groups is 1. The van der Waals surface area contributed by atoms with Crippen molar-refractivity contribution in [1.82, 2.24) is 4.90 Å². The molecule has 0 radical (unpaired) electrons. The largest absolute Gasteiger partial charge is 0.416 e. The zero-order valence-electron chi connectivity index (χ0n) is 12.9. The van der Waals surface area contributed by atoms with E-state index in [-0.39, 0.29) is 12.5 Å². The van der Waals surface area contributed by atoms with Gasteiger partial charge in [-0.25, -0.2) is 0 Å². The van der Waals surface area contributed by atoms with Crippen molar-refractivity contribution in [2.45, 2.75) is 19.1 Å². The summed E-state index contributed by atoms with van der Waals surface area (Å²) in [6.45, 7) is 1.29. The molecule has 3 nitrogen and oxygen atoms in total. The van der Waals surface area contributed by atoms with Crippen LogP contribution in [-0.4, -0.2) is 23.9 Å². The first-order valence-corrected chi connectivity index (χ1v) is 7.69. The summed E-state index contributed by atoms with van der Waals surface area (Å²) in [4.78, 5) is 14.1. The smallest absolute Gasteiger partial charge is 0.376 e. The average molecular weight is 334 g/mol. The van der Waals surface area contributed by atoms with Crippen molar-refractivity contribution < 1.29 is 18.0 Å². The third-order valence-corrected chi connectivity index (χ3v) is 4.14. The third-order valence-electron chi connectivity index (χ3n) is 4.14. The fraction of sp³-hybridized carbons (Fsp3) is 0.278. The molecule has 1 aliphatic heterocycles. The normalized spacial score (nSPS) is 14.2. The number of benzene rings is 2. The Labute approximate surface area is 138 Å². The van der Waals surface area contributed by atoms with E-state index in [0.29, 0.717) is 18.8 Å². The van der Waals surface area contributed by atoms with Gasteiger partial charge in [0.05, 0.1) is 12.1 Å². The molecule has 0 atom stereocenters. The van der Waals surface area contributed by atoms with Crippen LogP contribution in [0.3, 0.4) is 0 Å². The number of fused-ring (bicyclic) bond motifs is 1. The van der Waals surface area contributed by atoms with Crippen LogP contribution in [-0.2, 0) is 23.9 Å². The highest BCUT2D eigenvalue weighted by Crippen LogP contribution is 2.29. The lowest BCUT2D eigenvalue weighted by molar-refractivity contribution is -0.137. The second-order valence-electron chi connectivity index (χ2n) is 5.76. The molecule has 0 saturated carbocycles. The van der Waals surface area contributed by atoms with E-state index in [1.54, 1.807) is 4.90 Å². The first-order valence-electron chi connectivity index (χ1n) is 7.69. The highest BCUT2D eigenvalue weighted by molar-refractivity contribution is 5.81. The number of rotatable bonds is 3. The first-order chi connectivity index (χ1) is 11.4. The summed E-state index contributed by atoms with van der Waals surface area (Å²) >= 11 is 0. The SMILES string of the molecule is O=C(CNc1ccc(C(F)(F)F)cc1)N1CCc2ccccc2C1. The Morgan fingerprint density at radius 1 is 1.04 bits per heavy atom. The molecular formula is C18H17F3N2O. The second kappa shape index (κ2) is 6.55. The maximum absolute atomic E-state index is 12.5. The number of halogens is 3. The third kappa shape index (κ3) is 3.69. The molecule has 126 valence electrons. The Hall–Kier alpha value is -2.50. The Kier molecular flexibility index (Phi) is 4.46. The Balaban J connectivity index is 1.56. The van der Waals surface area contributed by atoms with E-state index < -0.39 is 11.7 Å². The van der Waals surface area contributed by atoms with E-state index in [9.17, 15) is 18.0 Å². The molecule has 0 fully saturated rings. The molecule has 2 aromatic carbocycles. The minimum Gasteiger partial charge on any atom is -0.376 e. The van der Waals surface area contributed by atoms with Gasteiger partial charge < -0.3 is 10.2 Å². The van der Waals surface area contributed by atoms with Crippen LogP contribution in [0.25, 0.3) is 0 Å². The lowest BCUT2D eigenvalue weighted by atomic mass is 10.00. The summed E-state index contributed by atoms with van der Waals surface area (Å²) in [6, 6.07) is 12.7. The number of hydrogen-bond acceptors (Lipinski definition) is 2. The molecule has 1 N–H and O–H groups in total. The minimum absolute atomic E-state index is 0.0630. The molecule has 1 aliphatic rings. The van der Waals surface area contributed by atoms with Crippen molar-refractivity contribution in [2.75, 3.05) is 18.4 Å². The van der Waals surface area contributed by atoms with Crippen molar-refractivity contribution in [3.63, 3.8) is 0 Å². The predicted octanol–water partition coefficient (Wildman–Crippen LogP) is 3.70. The monoisotopic (exact) mass is 334 g/mol. The highest BCUT2D eigenvalue weighted by atomic mass is 19.4. The summed E-state index contributed by atoms with van der Waals surface area (Å²) in [7, 11) is 0. The van der Waals surface area contributed by atoms with Crippen LogP contribution >= 0.6 is 0 Å². The van der Waals surface area contributed by atoms with Gasteiger partial charge in [-0.15, -0.1) is 0 Å². The van der Waals surface area contributed by atoms with Crippen LogP contribution in [0, 0.1) is 0 Å². The van der Waals surface area contributed by atoms with Crippen LogP contribution in [0.5, 0.6) is 0 Å². The maximum Gasteiger partial charge on any atom is 0.416 e. The van der Waals surface area contributed by atoms with E-state index in [1.807, 2.05) is 18.2 Å². The molecule has 24 heavy (non-hydrogen) atoms. The Morgan fingerprint density at radius 2 is 1.71 bits per heavy atom. The average Bonchev–Trinajstić information content (AvgIpc) is 2.59. The number of carbonyl (C=O) groups excluding carboxylic acids is 1. The van der Waals surface area contributed by atoms with E-state index in [2.05, 4.69) is 11.4 Å². The zero-order valence-corrected chi connectivity index (χ0v) is 12.9. The number of hydrogen-bond donors (Lipinski definition) is 1. The van der Waals surface area contributed by atoms with Crippen molar-refractivity contribution in [3.8, 4) is 0 Å². The highest BCUT2D eigenvalue weighted by Gasteiger charge is 2.30. The predicted molar refractivity (Wildman–Crippen MR) is 85.5 cm³/mol.